The van der Waals surface area contributed by atoms with Crippen molar-refractivity contribution in [1.82, 2.24) is 10.2 Å². The van der Waals surface area contributed by atoms with Gasteiger partial charge in [-0.2, -0.15) is 0 Å². The molecule has 0 aliphatic carbocycles. The monoisotopic (exact) mass is 367 g/mol. The van der Waals surface area contributed by atoms with Crippen molar-refractivity contribution in [2.45, 2.75) is 32.7 Å². The lowest BCUT2D eigenvalue weighted by molar-refractivity contribution is -0.384. The molecule has 1 atom stereocenters. The number of carbonyl (C=O) groups is 1. The number of amides is 1. The molecule has 1 N–H and O–H groups in total. The molecule has 6 nitrogen and oxygen atoms in total. The number of hydrogen-bond acceptors (Lipinski definition) is 4. The van der Waals surface area contributed by atoms with Crippen molar-refractivity contribution in [2.75, 3.05) is 19.6 Å². The molecule has 0 spiro atoms. The van der Waals surface area contributed by atoms with Crippen molar-refractivity contribution in [3.63, 3.8) is 0 Å². The number of nitro benzene ring substituents is 1. The van der Waals surface area contributed by atoms with Crippen LogP contribution in [-0.4, -0.2) is 35.4 Å². The smallest absolute Gasteiger partial charge is 0.270 e. The van der Waals surface area contributed by atoms with Gasteiger partial charge in [0.25, 0.3) is 11.6 Å². The Bertz CT molecular complexity index is 827. The first-order valence-electron chi connectivity index (χ1n) is 9.29. The molecule has 2 aromatic carbocycles. The number of non-ortho nitro benzene ring substituents is 1. The molecule has 142 valence electrons. The second kappa shape index (κ2) is 8.31. The Morgan fingerprint density at radius 1 is 1.15 bits per heavy atom. The van der Waals surface area contributed by atoms with Crippen molar-refractivity contribution in [2.24, 2.45) is 0 Å². The molecule has 3 rings (SSSR count). The molecule has 0 saturated carbocycles. The van der Waals surface area contributed by atoms with Gasteiger partial charge >= 0.3 is 0 Å². The first-order valence-corrected chi connectivity index (χ1v) is 9.29. The summed E-state index contributed by atoms with van der Waals surface area (Å²) in [6.07, 6.45) is 2.33. The summed E-state index contributed by atoms with van der Waals surface area (Å²) in [5, 5.41) is 14.0. The number of aryl methyl sites for hydroxylation is 2. The van der Waals surface area contributed by atoms with E-state index in [4.69, 9.17) is 0 Å². The van der Waals surface area contributed by atoms with Gasteiger partial charge in [-0.1, -0.05) is 35.9 Å². The second-order valence-electron chi connectivity index (χ2n) is 7.14. The Balaban J connectivity index is 1.77. The van der Waals surface area contributed by atoms with Gasteiger partial charge in [0.2, 0.25) is 0 Å². The maximum atomic E-state index is 12.7. The summed E-state index contributed by atoms with van der Waals surface area (Å²) >= 11 is 0. The Labute approximate surface area is 159 Å². The van der Waals surface area contributed by atoms with Crippen LogP contribution in [0.2, 0.25) is 0 Å². The number of carbonyl (C=O) groups excluding carboxylic acids is 1. The van der Waals surface area contributed by atoms with Gasteiger partial charge < -0.3 is 5.32 Å². The van der Waals surface area contributed by atoms with E-state index in [1.54, 1.807) is 13.0 Å². The second-order valence-corrected chi connectivity index (χ2v) is 7.14. The molecule has 6 heteroatoms. The molecule has 0 aromatic heterocycles. The van der Waals surface area contributed by atoms with Crippen molar-refractivity contribution >= 4 is 11.6 Å². The summed E-state index contributed by atoms with van der Waals surface area (Å²) in [6, 6.07) is 12.9. The molecule has 1 saturated heterocycles. The minimum atomic E-state index is -0.477. The summed E-state index contributed by atoms with van der Waals surface area (Å²) in [6.45, 7) is 6.36. The lowest BCUT2D eigenvalue weighted by Crippen LogP contribution is -2.37. The van der Waals surface area contributed by atoms with Crippen LogP contribution in [0.15, 0.2) is 42.5 Å². The summed E-state index contributed by atoms with van der Waals surface area (Å²) < 4.78 is 0. The molecule has 1 amide bonds. The maximum Gasteiger partial charge on any atom is 0.270 e. The van der Waals surface area contributed by atoms with Crippen molar-refractivity contribution < 1.29 is 9.72 Å². The number of hydrogen-bond donors (Lipinski definition) is 1. The van der Waals surface area contributed by atoms with Gasteiger partial charge in [-0.25, -0.2) is 0 Å². The summed E-state index contributed by atoms with van der Waals surface area (Å²) in [5.41, 5.74) is 3.40. The average molecular weight is 367 g/mol. The number of nitrogens with zero attached hydrogens (tertiary/aromatic N) is 2. The van der Waals surface area contributed by atoms with Gasteiger partial charge in [0.15, 0.2) is 0 Å². The molecular weight excluding hydrogens is 342 g/mol. The minimum absolute atomic E-state index is 0.0691. The molecule has 1 unspecified atom stereocenters. The Hall–Kier alpha value is -2.73. The topological polar surface area (TPSA) is 75.5 Å². The largest absolute Gasteiger partial charge is 0.350 e. The van der Waals surface area contributed by atoms with Gasteiger partial charge in [0.05, 0.1) is 11.0 Å². The highest BCUT2D eigenvalue weighted by atomic mass is 16.6. The van der Waals surface area contributed by atoms with Crippen molar-refractivity contribution in [3.8, 4) is 0 Å². The van der Waals surface area contributed by atoms with Crippen LogP contribution in [0.25, 0.3) is 0 Å². The fraction of sp³-hybridized carbons (Fsp3) is 0.381. The van der Waals surface area contributed by atoms with E-state index in [0.717, 1.165) is 18.7 Å². The number of benzene rings is 2. The molecule has 1 fully saturated rings. The zero-order chi connectivity index (χ0) is 19.4. The lowest BCUT2D eigenvalue weighted by atomic mass is 10.0. The van der Waals surface area contributed by atoms with Crippen LogP contribution in [0.3, 0.4) is 0 Å². The Morgan fingerprint density at radius 2 is 1.81 bits per heavy atom. The predicted molar refractivity (Wildman–Crippen MR) is 105 cm³/mol. The van der Waals surface area contributed by atoms with Gasteiger partial charge in [0, 0.05) is 24.2 Å². The van der Waals surface area contributed by atoms with E-state index in [0.29, 0.717) is 12.1 Å². The van der Waals surface area contributed by atoms with Crippen molar-refractivity contribution in [3.05, 3.63) is 74.8 Å². The highest BCUT2D eigenvalue weighted by Crippen LogP contribution is 2.25. The van der Waals surface area contributed by atoms with Crippen LogP contribution < -0.4 is 5.32 Å². The summed E-state index contributed by atoms with van der Waals surface area (Å²) in [7, 11) is 0. The third kappa shape index (κ3) is 4.52. The molecule has 27 heavy (non-hydrogen) atoms. The molecule has 1 aliphatic heterocycles. The molecule has 0 radical (unpaired) electrons. The van der Waals surface area contributed by atoms with E-state index < -0.39 is 4.92 Å². The molecule has 1 aliphatic rings. The minimum Gasteiger partial charge on any atom is -0.350 e. The number of rotatable bonds is 6. The fourth-order valence-electron chi connectivity index (χ4n) is 3.55. The van der Waals surface area contributed by atoms with Gasteiger partial charge in [-0.15, -0.1) is 0 Å². The Kier molecular flexibility index (Phi) is 5.86. The zero-order valence-electron chi connectivity index (χ0n) is 15.8. The number of nitrogens with one attached hydrogen (secondary N) is 1. The third-order valence-corrected chi connectivity index (χ3v) is 5.18. The van der Waals surface area contributed by atoms with E-state index in [2.05, 4.69) is 41.4 Å². The first kappa shape index (κ1) is 19.0. The van der Waals surface area contributed by atoms with Crippen LogP contribution in [0.4, 0.5) is 5.69 Å². The van der Waals surface area contributed by atoms with E-state index in [1.165, 1.54) is 36.1 Å². The van der Waals surface area contributed by atoms with Crippen LogP contribution in [0.1, 0.15) is 45.9 Å². The summed E-state index contributed by atoms with van der Waals surface area (Å²) in [5.74, 6) is -0.271. The molecule has 1 heterocycles. The quantitative estimate of drug-likeness (QED) is 0.623. The predicted octanol–water partition coefficient (Wildman–Crippen LogP) is 3.78. The van der Waals surface area contributed by atoms with Crippen LogP contribution in [0, 0.1) is 24.0 Å². The maximum absolute atomic E-state index is 12.7. The lowest BCUT2D eigenvalue weighted by Gasteiger charge is -2.28. The average Bonchev–Trinajstić information content (AvgIpc) is 3.17. The highest BCUT2D eigenvalue weighted by molar-refractivity contribution is 5.96. The number of likely N-dealkylation sites (tertiary alicyclic amines) is 1. The third-order valence-electron chi connectivity index (χ3n) is 5.18. The molecule has 0 bridgehead atoms. The summed E-state index contributed by atoms with van der Waals surface area (Å²) in [4.78, 5) is 25.6. The van der Waals surface area contributed by atoms with Crippen LogP contribution >= 0.6 is 0 Å². The fourth-order valence-corrected chi connectivity index (χ4v) is 3.55. The van der Waals surface area contributed by atoms with E-state index in [-0.39, 0.29) is 17.6 Å². The SMILES string of the molecule is Cc1ccc(C(CNC(=O)c2cc([N+](=O)[O-])ccc2C)N2CCCC2)cc1. The molecule has 2 aromatic rings. The van der Waals surface area contributed by atoms with E-state index in [9.17, 15) is 14.9 Å². The van der Waals surface area contributed by atoms with Gasteiger partial charge in [-0.3, -0.25) is 19.8 Å². The Morgan fingerprint density at radius 3 is 2.44 bits per heavy atom. The molecular formula is C21H25N3O3. The van der Waals surface area contributed by atoms with Crippen molar-refractivity contribution in [1.29, 1.82) is 0 Å². The van der Waals surface area contributed by atoms with E-state index in [1.807, 2.05) is 0 Å². The highest BCUT2D eigenvalue weighted by Gasteiger charge is 2.24. The standard InChI is InChI=1S/C21H25N3O3/c1-15-5-8-17(9-6-15)20(23-11-3-4-12-23)14-22-21(25)19-13-18(24(26)27)10-7-16(19)2/h5-10,13,20H,3-4,11-12,14H2,1-2H3,(H,22,25). The number of nitro groups is 1. The first-order chi connectivity index (χ1) is 13.0. The zero-order valence-corrected chi connectivity index (χ0v) is 15.8. The normalized spacial score (nSPS) is 15.5. The van der Waals surface area contributed by atoms with Crippen LogP contribution in [0.5, 0.6) is 0 Å². The van der Waals surface area contributed by atoms with Crippen LogP contribution in [-0.2, 0) is 0 Å². The van der Waals surface area contributed by atoms with E-state index >= 15 is 0 Å². The van der Waals surface area contributed by atoms with Gasteiger partial charge in [-0.05, 0) is 50.9 Å². The van der Waals surface area contributed by atoms with Gasteiger partial charge in [0.1, 0.15) is 0 Å².